The van der Waals surface area contributed by atoms with Gasteiger partial charge in [0.1, 0.15) is 6.10 Å². The van der Waals surface area contributed by atoms with Crippen molar-refractivity contribution in [1.29, 1.82) is 0 Å². The Kier molecular flexibility index (Phi) is 5.66. The van der Waals surface area contributed by atoms with Gasteiger partial charge < -0.3 is 14.7 Å². The zero-order chi connectivity index (χ0) is 23.1. The lowest BCUT2D eigenvalue weighted by atomic mass is 9.78. The Morgan fingerprint density at radius 3 is 2.42 bits per heavy atom. The first kappa shape index (κ1) is 21.6. The maximum atomic E-state index is 14.0. The van der Waals surface area contributed by atoms with E-state index in [0.29, 0.717) is 31.5 Å². The number of carbonyl (C=O) groups excluding carboxylic acids is 1. The van der Waals surface area contributed by atoms with Crippen LogP contribution in [0.15, 0.2) is 54.6 Å². The summed E-state index contributed by atoms with van der Waals surface area (Å²) in [5.74, 6) is 0.166. The van der Waals surface area contributed by atoms with E-state index in [2.05, 4.69) is 5.10 Å². The number of likely N-dealkylation sites (tertiary alicyclic amines) is 1. The molecule has 2 aromatic carbocycles. The van der Waals surface area contributed by atoms with Gasteiger partial charge in [0.25, 0.3) is 5.91 Å². The van der Waals surface area contributed by atoms with Gasteiger partial charge in [-0.3, -0.25) is 4.79 Å². The normalized spacial score (nSPS) is 24.5. The van der Waals surface area contributed by atoms with Crippen molar-refractivity contribution < 1.29 is 19.0 Å². The van der Waals surface area contributed by atoms with Gasteiger partial charge in [-0.05, 0) is 81.0 Å². The first-order valence-corrected chi connectivity index (χ1v) is 11.4. The molecule has 5 rings (SSSR count). The lowest BCUT2D eigenvalue weighted by Crippen LogP contribution is -2.42. The molecule has 2 fully saturated rings. The zero-order valence-electron chi connectivity index (χ0n) is 18.8. The Balaban J connectivity index is 1.25. The zero-order valence-corrected chi connectivity index (χ0v) is 18.8. The van der Waals surface area contributed by atoms with Gasteiger partial charge in [-0.2, -0.15) is 5.10 Å². The second-order valence-corrected chi connectivity index (χ2v) is 9.24. The van der Waals surface area contributed by atoms with E-state index in [4.69, 9.17) is 4.74 Å². The Bertz CT molecular complexity index is 1160. The van der Waals surface area contributed by atoms with Crippen LogP contribution in [-0.2, 0) is 0 Å². The molecule has 1 aromatic heterocycles. The summed E-state index contributed by atoms with van der Waals surface area (Å²) in [6.45, 7) is 5.19. The van der Waals surface area contributed by atoms with Crippen LogP contribution in [-0.4, -0.2) is 51.0 Å². The van der Waals surface area contributed by atoms with Gasteiger partial charge in [0.2, 0.25) is 0 Å². The smallest absolute Gasteiger partial charge is 0.253 e. The van der Waals surface area contributed by atoms with Gasteiger partial charge in [-0.1, -0.05) is 12.1 Å². The molecule has 0 spiro atoms. The Hall–Kier alpha value is -3.19. The van der Waals surface area contributed by atoms with Crippen molar-refractivity contribution in [2.45, 2.75) is 38.9 Å². The highest BCUT2D eigenvalue weighted by Crippen LogP contribution is 2.38. The predicted molar refractivity (Wildman–Crippen MR) is 122 cm³/mol. The molecule has 0 radical (unpaired) electrons. The number of hydrogen-bond donors (Lipinski definition) is 1. The number of carbonyl (C=O) groups is 1. The molecule has 6 nitrogen and oxygen atoms in total. The molecule has 0 bridgehead atoms. The number of para-hydroxylation sites is 1. The van der Waals surface area contributed by atoms with Crippen molar-refractivity contribution in [3.63, 3.8) is 0 Å². The number of aromatic nitrogens is 2. The Morgan fingerprint density at radius 2 is 1.76 bits per heavy atom. The molecule has 1 N–H and O–H groups in total. The molecule has 1 aliphatic carbocycles. The molecule has 172 valence electrons. The fraction of sp³-hybridized carbons (Fsp3) is 0.385. The number of nitrogens with zero attached hydrogens (tertiary/aromatic N) is 3. The molecule has 1 saturated heterocycles. The summed E-state index contributed by atoms with van der Waals surface area (Å²) >= 11 is 0. The van der Waals surface area contributed by atoms with Gasteiger partial charge in [-0.15, -0.1) is 0 Å². The summed E-state index contributed by atoms with van der Waals surface area (Å²) in [5, 5.41) is 15.1. The summed E-state index contributed by atoms with van der Waals surface area (Å²) in [6.07, 6.45) is -0.00942. The number of hydrogen-bond acceptors (Lipinski definition) is 4. The third-order valence-electron chi connectivity index (χ3n) is 6.86. The average molecular weight is 450 g/mol. The first-order valence-electron chi connectivity index (χ1n) is 11.4. The van der Waals surface area contributed by atoms with E-state index < -0.39 is 18.0 Å². The van der Waals surface area contributed by atoms with E-state index in [1.807, 2.05) is 53.8 Å². The fourth-order valence-electron chi connectivity index (χ4n) is 5.20. The molecule has 2 heterocycles. The molecule has 33 heavy (non-hydrogen) atoms. The van der Waals surface area contributed by atoms with Crippen LogP contribution in [0.3, 0.4) is 0 Å². The summed E-state index contributed by atoms with van der Waals surface area (Å²) in [4.78, 5) is 15.0. The second kappa shape index (κ2) is 8.63. The third-order valence-corrected chi connectivity index (χ3v) is 6.86. The van der Waals surface area contributed by atoms with Crippen molar-refractivity contribution in [2.75, 3.05) is 13.1 Å². The molecule has 1 amide bonds. The SMILES string of the molecule is Cc1cc(C)n(-c2ccc(C(=O)N3C[C@H]4C[C@@H](Oc5ccccc5F)[C@H](O)C[C@H]4C3)cc2)n1. The van der Waals surface area contributed by atoms with Crippen LogP contribution >= 0.6 is 0 Å². The maximum absolute atomic E-state index is 14.0. The minimum atomic E-state index is -0.680. The summed E-state index contributed by atoms with van der Waals surface area (Å²) in [7, 11) is 0. The molecular formula is C26H28FN3O3. The number of amides is 1. The number of aliphatic hydroxyl groups excluding tert-OH is 1. The molecule has 7 heteroatoms. The van der Waals surface area contributed by atoms with Crippen LogP contribution in [0.25, 0.3) is 5.69 Å². The summed E-state index contributed by atoms with van der Waals surface area (Å²) in [5.41, 5.74) is 3.55. The Morgan fingerprint density at radius 1 is 1.06 bits per heavy atom. The molecule has 1 aliphatic heterocycles. The summed E-state index contributed by atoms with van der Waals surface area (Å²) in [6, 6.07) is 15.8. The molecule has 0 unspecified atom stereocenters. The van der Waals surface area contributed by atoms with Crippen LogP contribution in [0.5, 0.6) is 5.75 Å². The monoisotopic (exact) mass is 449 g/mol. The van der Waals surface area contributed by atoms with Crippen LogP contribution in [0.1, 0.15) is 34.6 Å². The van der Waals surface area contributed by atoms with E-state index >= 15 is 0 Å². The number of rotatable bonds is 4. The van der Waals surface area contributed by atoms with Crippen LogP contribution in [0, 0.1) is 31.5 Å². The fourth-order valence-corrected chi connectivity index (χ4v) is 5.20. The highest BCUT2D eigenvalue weighted by Gasteiger charge is 2.44. The number of benzene rings is 2. The van der Waals surface area contributed by atoms with E-state index in [1.165, 1.54) is 6.07 Å². The maximum Gasteiger partial charge on any atom is 0.253 e. The molecule has 2 aliphatic rings. The van der Waals surface area contributed by atoms with Crippen LogP contribution in [0.2, 0.25) is 0 Å². The Labute approximate surface area is 192 Å². The third kappa shape index (κ3) is 4.25. The van der Waals surface area contributed by atoms with Crippen molar-refractivity contribution in [3.05, 3.63) is 77.4 Å². The van der Waals surface area contributed by atoms with Crippen LogP contribution < -0.4 is 4.74 Å². The van der Waals surface area contributed by atoms with Gasteiger partial charge in [0.05, 0.1) is 17.5 Å². The average Bonchev–Trinajstić information content (AvgIpc) is 3.37. The standard InChI is InChI=1S/C26H28FN3O3/c1-16-11-17(2)30(28-16)21-9-7-18(8-10-21)26(32)29-14-19-12-23(31)25(13-20(19)15-29)33-24-6-4-3-5-22(24)27/h3-11,19-20,23,25,31H,12-15H2,1-2H3/t19-,20+,23+,25+/m0/s1. The highest BCUT2D eigenvalue weighted by atomic mass is 19.1. The minimum absolute atomic E-state index is 0.00891. The van der Waals surface area contributed by atoms with Gasteiger partial charge in [0.15, 0.2) is 11.6 Å². The van der Waals surface area contributed by atoms with E-state index in [-0.39, 0.29) is 23.5 Å². The van der Waals surface area contributed by atoms with Gasteiger partial charge >= 0.3 is 0 Å². The molecule has 1 saturated carbocycles. The first-order chi connectivity index (χ1) is 15.9. The van der Waals surface area contributed by atoms with Crippen molar-refractivity contribution >= 4 is 5.91 Å². The molecular weight excluding hydrogens is 421 g/mol. The number of aryl methyl sites for hydroxylation is 2. The van der Waals surface area contributed by atoms with E-state index in [9.17, 15) is 14.3 Å². The number of ether oxygens (including phenoxy) is 1. The summed E-state index contributed by atoms with van der Waals surface area (Å²) < 4.78 is 21.7. The van der Waals surface area contributed by atoms with Gasteiger partial charge in [-0.25, -0.2) is 9.07 Å². The molecule has 4 atom stereocenters. The minimum Gasteiger partial charge on any atom is -0.485 e. The lowest BCUT2D eigenvalue weighted by Gasteiger charge is -2.35. The van der Waals surface area contributed by atoms with Crippen LogP contribution in [0.4, 0.5) is 4.39 Å². The number of halogens is 1. The second-order valence-electron chi connectivity index (χ2n) is 9.24. The van der Waals surface area contributed by atoms with Gasteiger partial charge in [0, 0.05) is 24.3 Å². The number of aliphatic hydroxyl groups is 1. The highest BCUT2D eigenvalue weighted by molar-refractivity contribution is 5.94. The lowest BCUT2D eigenvalue weighted by molar-refractivity contribution is -0.0246. The topological polar surface area (TPSA) is 67.6 Å². The molecule has 3 aromatic rings. The largest absolute Gasteiger partial charge is 0.485 e. The van der Waals surface area contributed by atoms with E-state index in [0.717, 1.165) is 17.1 Å². The van der Waals surface area contributed by atoms with E-state index in [1.54, 1.807) is 18.2 Å². The number of fused-ring (bicyclic) bond motifs is 1. The van der Waals surface area contributed by atoms with Crippen molar-refractivity contribution in [3.8, 4) is 11.4 Å². The van der Waals surface area contributed by atoms with Crippen molar-refractivity contribution in [1.82, 2.24) is 14.7 Å². The predicted octanol–water partition coefficient (Wildman–Crippen LogP) is 3.92. The van der Waals surface area contributed by atoms with Crippen molar-refractivity contribution in [2.24, 2.45) is 11.8 Å². The quantitative estimate of drug-likeness (QED) is 0.656.